The lowest BCUT2D eigenvalue weighted by Crippen LogP contribution is -2.24. The molecule has 0 bridgehead atoms. The molecule has 0 saturated heterocycles. The Morgan fingerprint density at radius 2 is 0.964 bits per heavy atom. The average molecular weight is 721 g/mol. The number of nitrogens with zero attached hydrogens (tertiary/aromatic N) is 2. The van der Waals surface area contributed by atoms with Crippen molar-refractivity contribution in [2.75, 3.05) is 4.90 Å². The third kappa shape index (κ3) is 4.64. The van der Waals surface area contributed by atoms with Crippen molar-refractivity contribution in [1.29, 1.82) is 0 Å². The number of ether oxygens (including phenoxy) is 1. The van der Waals surface area contributed by atoms with E-state index in [2.05, 4.69) is 212 Å². The monoisotopic (exact) mass is 720 g/mol. The number of para-hydroxylation sites is 3. The maximum Gasteiger partial charge on any atom is 0.131 e. The zero-order valence-electron chi connectivity index (χ0n) is 31.7. The minimum absolute atomic E-state index is 0.237. The fourth-order valence-electron chi connectivity index (χ4n) is 9.67. The fourth-order valence-corrected chi connectivity index (χ4v) is 9.67. The Bertz CT molecular complexity index is 2950. The maximum atomic E-state index is 6.49. The lowest BCUT2D eigenvalue weighted by atomic mass is 9.74. The normalized spacial score (nSPS) is 14.4. The van der Waals surface area contributed by atoms with Gasteiger partial charge in [-0.15, -0.1) is 0 Å². The van der Waals surface area contributed by atoms with Crippen LogP contribution in [0.25, 0.3) is 38.6 Å². The first-order chi connectivity index (χ1) is 27.4. The molecule has 11 rings (SSSR count). The number of aromatic nitrogens is 1. The van der Waals surface area contributed by atoms with Crippen LogP contribution in [0.2, 0.25) is 0 Å². The highest BCUT2D eigenvalue weighted by Gasteiger charge is 2.41. The third-order valence-electron chi connectivity index (χ3n) is 12.5. The molecule has 0 saturated carbocycles. The first kappa shape index (κ1) is 32.6. The minimum Gasteiger partial charge on any atom is -0.457 e. The fraction of sp³-hybridized carbons (Fsp3) is 0.0943. The maximum absolute atomic E-state index is 6.49. The Hall–Kier alpha value is -6.84. The van der Waals surface area contributed by atoms with E-state index in [1.807, 2.05) is 6.07 Å². The molecule has 1 aliphatic carbocycles. The Morgan fingerprint density at radius 3 is 1.68 bits per heavy atom. The molecule has 0 fully saturated rings. The van der Waals surface area contributed by atoms with Gasteiger partial charge in [-0.2, -0.15) is 0 Å². The average Bonchev–Trinajstić information content (AvgIpc) is 3.71. The highest BCUT2D eigenvalue weighted by molar-refractivity contribution is 6.11. The molecular formula is C53H40N2O. The summed E-state index contributed by atoms with van der Waals surface area (Å²) in [5.41, 5.74) is 15.3. The lowest BCUT2D eigenvalue weighted by molar-refractivity contribution is 0.418. The second kappa shape index (κ2) is 12.1. The summed E-state index contributed by atoms with van der Waals surface area (Å²) >= 11 is 0. The Kier molecular flexibility index (Phi) is 7.03. The van der Waals surface area contributed by atoms with Crippen LogP contribution in [0.15, 0.2) is 188 Å². The van der Waals surface area contributed by atoms with E-state index in [1.54, 1.807) is 0 Å². The predicted molar refractivity (Wildman–Crippen MR) is 232 cm³/mol. The first-order valence-corrected chi connectivity index (χ1v) is 19.5. The summed E-state index contributed by atoms with van der Waals surface area (Å²) in [7, 11) is 0. The molecule has 1 aromatic heterocycles. The third-order valence-corrected chi connectivity index (χ3v) is 12.5. The summed E-state index contributed by atoms with van der Waals surface area (Å²) in [5, 5.41) is 2.44. The number of hydrogen-bond acceptors (Lipinski definition) is 2. The van der Waals surface area contributed by atoms with Crippen LogP contribution in [-0.2, 0) is 10.8 Å². The van der Waals surface area contributed by atoms with Crippen LogP contribution in [0.4, 0.5) is 17.1 Å². The summed E-state index contributed by atoms with van der Waals surface area (Å²) in [4.78, 5) is 2.39. The van der Waals surface area contributed by atoms with Crippen LogP contribution in [0.5, 0.6) is 11.5 Å². The van der Waals surface area contributed by atoms with Gasteiger partial charge in [0.15, 0.2) is 0 Å². The molecule has 0 unspecified atom stereocenters. The molecule has 2 heterocycles. The van der Waals surface area contributed by atoms with Gasteiger partial charge < -0.3 is 14.2 Å². The van der Waals surface area contributed by atoms with Gasteiger partial charge in [0, 0.05) is 55.5 Å². The van der Waals surface area contributed by atoms with E-state index in [1.165, 1.54) is 60.8 Å². The Morgan fingerprint density at radius 1 is 0.429 bits per heavy atom. The Labute approximate surface area is 327 Å². The number of rotatable bonds is 5. The molecular weight excluding hydrogens is 681 g/mol. The summed E-state index contributed by atoms with van der Waals surface area (Å²) in [6.07, 6.45) is 0. The van der Waals surface area contributed by atoms with Gasteiger partial charge in [0.25, 0.3) is 0 Å². The number of hydrogen-bond donors (Lipinski definition) is 0. The minimum atomic E-state index is -0.299. The van der Waals surface area contributed by atoms with E-state index in [9.17, 15) is 0 Å². The SMILES string of the molecule is CC1(C)c2ccccc2Oc2ccc(N(c3ccccc3)c3ccc4c(c3)c3cc(C5(C)c6ccccc6-c6ccccc65)ccc3n4-c3ccccc3)cc21. The standard InChI is InChI=1S/C53H40N2O/c1-52(2)46-24-14-15-25-50(46)56-51-31-28-39(34-47(51)52)54(36-16-6-4-7-17-36)38-27-30-49-43(33-38)42-32-35(26-29-48(42)55(49)37-18-8-5-9-19-37)53(3)44-22-12-10-20-40(44)41-21-11-13-23-45(41)53/h4-34H,1-3H3. The zero-order chi connectivity index (χ0) is 37.6. The Balaban J connectivity index is 1.14. The molecule has 1 aliphatic heterocycles. The van der Waals surface area contributed by atoms with Crippen molar-refractivity contribution < 1.29 is 4.74 Å². The molecule has 0 radical (unpaired) electrons. The molecule has 0 spiro atoms. The number of benzene rings is 8. The molecule has 0 N–H and O–H groups in total. The predicted octanol–water partition coefficient (Wildman–Crippen LogP) is 14.0. The van der Waals surface area contributed by atoms with Crippen LogP contribution in [0, 0.1) is 0 Å². The van der Waals surface area contributed by atoms with E-state index in [-0.39, 0.29) is 10.8 Å². The lowest BCUT2D eigenvalue weighted by Gasteiger charge is -2.36. The van der Waals surface area contributed by atoms with Crippen molar-refractivity contribution in [1.82, 2.24) is 4.57 Å². The van der Waals surface area contributed by atoms with Crippen molar-refractivity contribution in [3.05, 3.63) is 216 Å². The van der Waals surface area contributed by atoms with Gasteiger partial charge in [0.05, 0.1) is 11.0 Å². The highest BCUT2D eigenvalue weighted by Crippen LogP contribution is 2.54. The van der Waals surface area contributed by atoms with E-state index in [0.29, 0.717) is 0 Å². The van der Waals surface area contributed by atoms with Crippen LogP contribution >= 0.6 is 0 Å². The van der Waals surface area contributed by atoms with Crippen molar-refractivity contribution in [3.63, 3.8) is 0 Å². The van der Waals surface area contributed by atoms with Crippen molar-refractivity contribution >= 4 is 38.9 Å². The van der Waals surface area contributed by atoms with E-state index in [4.69, 9.17) is 4.74 Å². The summed E-state index contributed by atoms with van der Waals surface area (Å²) in [5.74, 6) is 1.83. The molecule has 3 heteroatoms. The van der Waals surface area contributed by atoms with Crippen molar-refractivity contribution in [3.8, 4) is 28.3 Å². The first-order valence-electron chi connectivity index (χ1n) is 19.5. The topological polar surface area (TPSA) is 17.4 Å². The second-order valence-corrected chi connectivity index (χ2v) is 15.9. The molecule has 3 nitrogen and oxygen atoms in total. The molecule has 0 amide bonds. The van der Waals surface area contributed by atoms with E-state index < -0.39 is 0 Å². The van der Waals surface area contributed by atoms with Gasteiger partial charge in [0.1, 0.15) is 11.5 Å². The van der Waals surface area contributed by atoms with Gasteiger partial charge >= 0.3 is 0 Å². The van der Waals surface area contributed by atoms with Gasteiger partial charge in [-0.3, -0.25) is 0 Å². The molecule has 8 aromatic carbocycles. The smallest absolute Gasteiger partial charge is 0.131 e. The van der Waals surface area contributed by atoms with E-state index >= 15 is 0 Å². The van der Waals surface area contributed by atoms with Gasteiger partial charge in [-0.1, -0.05) is 123 Å². The molecule has 56 heavy (non-hydrogen) atoms. The van der Waals surface area contributed by atoms with Gasteiger partial charge in [-0.25, -0.2) is 0 Å². The van der Waals surface area contributed by atoms with Crippen molar-refractivity contribution in [2.24, 2.45) is 0 Å². The second-order valence-electron chi connectivity index (χ2n) is 15.9. The highest BCUT2D eigenvalue weighted by atomic mass is 16.5. The van der Waals surface area contributed by atoms with Crippen LogP contribution in [-0.4, -0.2) is 4.57 Å². The molecule has 268 valence electrons. The zero-order valence-corrected chi connectivity index (χ0v) is 31.7. The van der Waals surface area contributed by atoms with Crippen LogP contribution in [0.1, 0.15) is 48.6 Å². The molecule has 2 aliphatic rings. The van der Waals surface area contributed by atoms with E-state index in [0.717, 1.165) is 34.2 Å². The summed E-state index contributed by atoms with van der Waals surface area (Å²) < 4.78 is 8.91. The number of fused-ring (bicyclic) bond motifs is 8. The molecule has 9 aromatic rings. The quantitative estimate of drug-likeness (QED) is 0.176. The summed E-state index contributed by atoms with van der Waals surface area (Å²) in [6.45, 7) is 7.00. The summed E-state index contributed by atoms with van der Waals surface area (Å²) in [6, 6.07) is 68.5. The van der Waals surface area contributed by atoms with Gasteiger partial charge in [-0.05, 0) is 114 Å². The van der Waals surface area contributed by atoms with Gasteiger partial charge in [0.2, 0.25) is 0 Å². The number of anilines is 3. The molecule has 0 atom stereocenters. The van der Waals surface area contributed by atoms with Crippen molar-refractivity contribution in [2.45, 2.75) is 31.6 Å². The van der Waals surface area contributed by atoms with Crippen LogP contribution < -0.4 is 9.64 Å². The van der Waals surface area contributed by atoms with Crippen LogP contribution in [0.3, 0.4) is 0 Å². The largest absolute Gasteiger partial charge is 0.457 e.